The van der Waals surface area contributed by atoms with E-state index in [9.17, 15) is 27.1 Å². The van der Waals surface area contributed by atoms with Gasteiger partial charge in [-0.3, -0.25) is 9.52 Å². The fourth-order valence-electron chi connectivity index (χ4n) is 5.16. The molecule has 5 rings (SSSR count). The number of carbonyl (C=O) groups excluding carboxylic acids is 1. The molecule has 0 unspecified atom stereocenters. The lowest BCUT2D eigenvalue weighted by molar-refractivity contribution is 0.100. The van der Waals surface area contributed by atoms with Crippen LogP contribution in [0.4, 0.5) is 20.2 Å². The highest BCUT2D eigenvalue weighted by molar-refractivity contribution is 7.92. The van der Waals surface area contributed by atoms with E-state index in [1.165, 1.54) is 35.9 Å². The highest BCUT2D eigenvalue weighted by atomic mass is 32.2. The normalized spacial score (nSPS) is 16.9. The summed E-state index contributed by atoms with van der Waals surface area (Å²) < 4.78 is 55.0. The number of sulfonamides is 1. The van der Waals surface area contributed by atoms with Crippen LogP contribution in [0.2, 0.25) is 0 Å². The van der Waals surface area contributed by atoms with Crippen LogP contribution in [0.25, 0.3) is 22.3 Å². The van der Waals surface area contributed by atoms with E-state index in [0.717, 1.165) is 12.8 Å². The first-order valence-electron chi connectivity index (χ1n) is 12.6. The lowest BCUT2D eigenvalue weighted by Gasteiger charge is -2.36. The van der Waals surface area contributed by atoms with Crippen molar-refractivity contribution in [2.24, 2.45) is 11.1 Å². The third-order valence-corrected chi connectivity index (χ3v) is 8.72. The Kier molecular flexibility index (Phi) is 6.99. The Balaban J connectivity index is 1.68. The second-order valence-electron chi connectivity index (χ2n) is 10.0. The van der Waals surface area contributed by atoms with Gasteiger partial charge in [0.05, 0.1) is 41.2 Å². The quantitative estimate of drug-likeness (QED) is 0.353. The van der Waals surface area contributed by atoms with Crippen molar-refractivity contribution in [1.29, 1.82) is 0 Å². The van der Waals surface area contributed by atoms with E-state index in [4.69, 9.17) is 10.7 Å². The Bertz CT molecular complexity index is 1460. The number of aliphatic hydroxyl groups excluding tert-OH is 1. The van der Waals surface area contributed by atoms with E-state index in [-0.39, 0.29) is 17.8 Å². The molecule has 1 amide bonds. The van der Waals surface area contributed by atoms with Crippen LogP contribution < -0.4 is 15.4 Å². The van der Waals surface area contributed by atoms with Crippen LogP contribution in [-0.2, 0) is 16.6 Å². The molecule has 0 atom stereocenters. The van der Waals surface area contributed by atoms with Crippen LogP contribution in [0.1, 0.15) is 42.5 Å². The highest BCUT2D eigenvalue weighted by Gasteiger charge is 2.45. The SMILES string of the molecule is NC(=O)c1ccc(NS(=O)(=O)CCO)c(-c2ccc3cnn(CCC(F)F)c3n2)c1N1CCC2(CC1)CC2. The molecule has 2 aromatic heterocycles. The number of hydrogen-bond acceptors (Lipinski definition) is 7. The zero-order valence-corrected chi connectivity index (χ0v) is 21.6. The van der Waals surface area contributed by atoms with Gasteiger partial charge in [-0.1, -0.05) is 0 Å². The van der Waals surface area contributed by atoms with Crippen LogP contribution in [-0.4, -0.2) is 66.1 Å². The van der Waals surface area contributed by atoms with E-state index in [1.807, 2.05) is 4.90 Å². The number of pyridine rings is 1. The summed E-state index contributed by atoms with van der Waals surface area (Å²) in [5.41, 5.74) is 8.06. The molecule has 4 N–H and O–H groups in total. The van der Waals surface area contributed by atoms with Gasteiger partial charge in [-0.05, 0) is 55.4 Å². The van der Waals surface area contributed by atoms with Crippen molar-refractivity contribution in [2.75, 3.05) is 35.1 Å². The number of fused-ring (bicyclic) bond motifs is 1. The first-order valence-corrected chi connectivity index (χ1v) is 14.2. The summed E-state index contributed by atoms with van der Waals surface area (Å²) in [5, 5.41) is 14.1. The van der Waals surface area contributed by atoms with Gasteiger partial charge in [-0.2, -0.15) is 5.10 Å². The Hall–Kier alpha value is -3.32. The lowest BCUT2D eigenvalue weighted by Crippen LogP contribution is -2.36. The molecule has 38 heavy (non-hydrogen) atoms. The second kappa shape index (κ2) is 10.1. The van der Waals surface area contributed by atoms with E-state index in [2.05, 4.69) is 9.82 Å². The lowest BCUT2D eigenvalue weighted by atomic mass is 9.91. The maximum atomic E-state index is 12.9. The summed E-state index contributed by atoms with van der Waals surface area (Å²) in [4.78, 5) is 19.3. The number of anilines is 2. The fraction of sp³-hybridized carbons (Fsp3) is 0.480. The van der Waals surface area contributed by atoms with Gasteiger partial charge in [0.25, 0.3) is 5.91 Å². The van der Waals surface area contributed by atoms with Gasteiger partial charge in [-0.25, -0.2) is 26.9 Å². The average molecular weight is 549 g/mol. The van der Waals surface area contributed by atoms with Gasteiger partial charge in [0.2, 0.25) is 16.4 Å². The van der Waals surface area contributed by atoms with Crippen LogP contribution in [0.3, 0.4) is 0 Å². The highest BCUT2D eigenvalue weighted by Crippen LogP contribution is 2.54. The number of aromatic nitrogens is 3. The van der Waals surface area contributed by atoms with Crippen LogP contribution in [0.15, 0.2) is 30.5 Å². The number of halogens is 2. The first-order chi connectivity index (χ1) is 18.1. The molecule has 1 saturated carbocycles. The van der Waals surface area contributed by atoms with Crippen molar-refractivity contribution in [3.05, 3.63) is 36.0 Å². The molecule has 1 aromatic carbocycles. The van der Waals surface area contributed by atoms with E-state index < -0.39 is 41.1 Å². The number of nitrogens with one attached hydrogen (secondary N) is 1. The summed E-state index contributed by atoms with van der Waals surface area (Å²) in [6.45, 7) is 0.706. The summed E-state index contributed by atoms with van der Waals surface area (Å²) in [6, 6.07) is 6.36. The summed E-state index contributed by atoms with van der Waals surface area (Å²) in [5.74, 6) is -1.18. The van der Waals surface area contributed by atoms with Crippen LogP contribution in [0.5, 0.6) is 0 Å². The van der Waals surface area contributed by atoms with Crippen molar-refractivity contribution in [2.45, 2.75) is 45.1 Å². The molecule has 1 aliphatic carbocycles. The van der Waals surface area contributed by atoms with Crippen molar-refractivity contribution >= 4 is 38.3 Å². The van der Waals surface area contributed by atoms with Gasteiger partial charge in [0.15, 0.2) is 5.65 Å². The molecular formula is C25H30F2N6O4S. The van der Waals surface area contributed by atoms with Crippen LogP contribution >= 0.6 is 0 Å². The minimum Gasteiger partial charge on any atom is -0.395 e. The van der Waals surface area contributed by atoms with Crippen LogP contribution in [0, 0.1) is 5.41 Å². The smallest absolute Gasteiger partial charge is 0.250 e. The molecular weight excluding hydrogens is 518 g/mol. The summed E-state index contributed by atoms with van der Waals surface area (Å²) in [7, 11) is -3.93. The number of nitrogens with two attached hydrogens (primary N) is 1. The number of amides is 1. The standard InChI is InChI=1S/C25H30F2N6O4S/c26-20(27)5-10-33-24-16(15-29-33)1-3-18(30-24)21-19(31-38(36,37)14-13-34)4-2-17(23(28)35)22(21)32-11-8-25(6-7-25)9-12-32/h1-4,15,20,31,34H,5-14H2,(H2,28,35). The zero-order chi connectivity index (χ0) is 27.1. The largest absolute Gasteiger partial charge is 0.395 e. The molecule has 3 aromatic rings. The monoisotopic (exact) mass is 548 g/mol. The number of nitrogens with zero attached hydrogens (tertiary/aromatic N) is 4. The van der Waals surface area contributed by atoms with E-state index in [1.54, 1.807) is 12.1 Å². The van der Waals surface area contributed by atoms with Crippen molar-refractivity contribution in [3.63, 3.8) is 0 Å². The Labute approximate surface area is 218 Å². The molecule has 2 aliphatic rings. The van der Waals surface area contributed by atoms with Gasteiger partial charge in [-0.15, -0.1) is 0 Å². The van der Waals surface area contributed by atoms with Crippen molar-refractivity contribution < 1.29 is 27.1 Å². The Morgan fingerprint density at radius 3 is 2.53 bits per heavy atom. The third-order valence-electron chi connectivity index (χ3n) is 7.47. The molecule has 1 saturated heterocycles. The second-order valence-corrected chi connectivity index (χ2v) is 11.9. The minimum atomic E-state index is -3.93. The Morgan fingerprint density at radius 1 is 1.16 bits per heavy atom. The van der Waals surface area contributed by atoms with E-state index in [0.29, 0.717) is 46.5 Å². The molecule has 0 radical (unpaired) electrons. The number of aliphatic hydroxyl groups is 1. The number of primary amides is 1. The third kappa shape index (κ3) is 5.30. The molecule has 3 heterocycles. The summed E-state index contributed by atoms with van der Waals surface area (Å²) >= 11 is 0. The Morgan fingerprint density at radius 2 is 1.89 bits per heavy atom. The zero-order valence-electron chi connectivity index (χ0n) is 20.7. The number of rotatable bonds is 10. The van der Waals surface area contributed by atoms with Gasteiger partial charge < -0.3 is 15.7 Å². The van der Waals surface area contributed by atoms with E-state index >= 15 is 0 Å². The van der Waals surface area contributed by atoms with Crippen molar-refractivity contribution in [1.82, 2.24) is 14.8 Å². The predicted octanol–water partition coefficient (Wildman–Crippen LogP) is 2.97. The number of alkyl halides is 2. The maximum absolute atomic E-state index is 12.9. The molecule has 10 nitrogen and oxygen atoms in total. The average Bonchev–Trinajstić information content (AvgIpc) is 3.49. The number of aryl methyl sites for hydroxylation is 1. The summed E-state index contributed by atoms with van der Waals surface area (Å²) in [6.07, 6.45) is 2.87. The topological polar surface area (TPSA) is 143 Å². The first kappa shape index (κ1) is 26.3. The van der Waals surface area contributed by atoms with Gasteiger partial charge in [0.1, 0.15) is 0 Å². The fourth-order valence-corrected chi connectivity index (χ4v) is 6.01. The molecule has 2 fully saturated rings. The predicted molar refractivity (Wildman–Crippen MR) is 140 cm³/mol. The number of benzene rings is 1. The minimum absolute atomic E-state index is 0.0456. The number of hydrogen-bond donors (Lipinski definition) is 3. The van der Waals surface area contributed by atoms with Gasteiger partial charge in [0, 0.05) is 37.0 Å². The molecule has 204 valence electrons. The number of carbonyl (C=O) groups is 1. The molecule has 1 spiro atoms. The number of piperidine rings is 1. The van der Waals surface area contributed by atoms with Gasteiger partial charge >= 0.3 is 0 Å². The van der Waals surface area contributed by atoms with Crippen molar-refractivity contribution in [3.8, 4) is 11.3 Å². The molecule has 1 aliphatic heterocycles. The molecule has 13 heteroatoms. The molecule has 0 bridgehead atoms. The maximum Gasteiger partial charge on any atom is 0.250 e.